The number of carbonyl (C=O) groups excluding carboxylic acids is 1. The zero-order valence-corrected chi connectivity index (χ0v) is 21.8. The van der Waals surface area contributed by atoms with Crippen molar-refractivity contribution in [2.24, 2.45) is 0 Å². The van der Waals surface area contributed by atoms with Crippen LogP contribution in [-0.2, 0) is 22.5 Å². The van der Waals surface area contributed by atoms with Gasteiger partial charge in [0.2, 0.25) is 0 Å². The molecule has 2 aliphatic heterocycles. The first-order valence-corrected chi connectivity index (χ1v) is 13.2. The van der Waals surface area contributed by atoms with Crippen molar-refractivity contribution >= 4 is 16.9 Å². The number of alkyl halides is 3. The Morgan fingerprint density at radius 2 is 1.85 bits per heavy atom. The maximum Gasteiger partial charge on any atom is 0.573 e. The molecule has 0 bridgehead atoms. The van der Waals surface area contributed by atoms with Crippen LogP contribution in [0.4, 0.5) is 13.2 Å². The molecule has 4 heterocycles. The van der Waals surface area contributed by atoms with Gasteiger partial charge in [0.05, 0.1) is 13.2 Å². The van der Waals surface area contributed by atoms with Crippen molar-refractivity contribution in [2.75, 3.05) is 7.11 Å². The Morgan fingerprint density at radius 3 is 2.58 bits per heavy atom. The number of rotatable bonds is 6. The molecule has 0 saturated carbocycles. The third-order valence-electron chi connectivity index (χ3n) is 7.96. The van der Waals surface area contributed by atoms with E-state index >= 15 is 0 Å². The topological polar surface area (TPSA) is 79.5 Å². The fourth-order valence-corrected chi connectivity index (χ4v) is 6.29. The van der Waals surface area contributed by atoms with Gasteiger partial charge in [0.1, 0.15) is 11.8 Å². The lowest BCUT2D eigenvalue weighted by Gasteiger charge is -2.50. The van der Waals surface area contributed by atoms with Gasteiger partial charge in [-0.05, 0) is 53.8 Å². The van der Waals surface area contributed by atoms with Crippen LogP contribution in [0.3, 0.4) is 0 Å². The van der Waals surface area contributed by atoms with E-state index in [1.54, 1.807) is 18.3 Å². The van der Waals surface area contributed by atoms with Crippen LogP contribution >= 0.6 is 0 Å². The summed E-state index contributed by atoms with van der Waals surface area (Å²) < 4.78 is 47.8. The number of nitrogens with one attached hydrogen (secondary N) is 2. The van der Waals surface area contributed by atoms with Crippen LogP contribution in [-0.4, -0.2) is 46.4 Å². The molecule has 0 amide bonds. The van der Waals surface area contributed by atoms with Crippen LogP contribution in [0.25, 0.3) is 10.9 Å². The molecule has 2 aromatic heterocycles. The second-order valence-corrected chi connectivity index (χ2v) is 10.3. The summed E-state index contributed by atoms with van der Waals surface area (Å²) in [7, 11) is 1.39. The highest BCUT2D eigenvalue weighted by molar-refractivity contribution is 5.87. The van der Waals surface area contributed by atoms with E-state index in [9.17, 15) is 18.0 Å². The van der Waals surface area contributed by atoms with Crippen LogP contribution in [0.5, 0.6) is 5.75 Å². The average Bonchev–Trinajstić information content (AvgIpc) is 3.34. The molecule has 7 nitrogen and oxygen atoms in total. The molecule has 4 atom stereocenters. The molecular weight excluding hydrogens is 521 g/mol. The molecule has 2 N–H and O–H groups in total. The number of halogens is 3. The molecule has 40 heavy (non-hydrogen) atoms. The maximum absolute atomic E-state index is 13.2. The van der Waals surface area contributed by atoms with Crippen LogP contribution in [0.2, 0.25) is 0 Å². The first-order chi connectivity index (χ1) is 19.3. The summed E-state index contributed by atoms with van der Waals surface area (Å²) in [6, 6.07) is 17.1. The Kier molecular flexibility index (Phi) is 6.97. The summed E-state index contributed by atoms with van der Waals surface area (Å²) in [5, 5.41) is 4.75. The Balaban J connectivity index is 1.40. The molecule has 0 spiro atoms. The van der Waals surface area contributed by atoms with E-state index in [1.807, 2.05) is 36.5 Å². The van der Waals surface area contributed by atoms with Crippen LogP contribution in [0.15, 0.2) is 73.1 Å². The lowest BCUT2D eigenvalue weighted by atomic mass is 9.79. The second kappa shape index (κ2) is 10.6. The number of H-pyrrole nitrogens is 1. The van der Waals surface area contributed by atoms with Gasteiger partial charge in [-0.25, -0.2) is 0 Å². The normalized spacial score (nSPS) is 22.9. The first-order valence-electron chi connectivity index (χ1n) is 13.2. The van der Waals surface area contributed by atoms with E-state index in [4.69, 9.17) is 4.74 Å². The number of pyridine rings is 1. The fourth-order valence-electron chi connectivity index (χ4n) is 6.29. The van der Waals surface area contributed by atoms with Gasteiger partial charge >= 0.3 is 12.3 Å². The van der Waals surface area contributed by atoms with E-state index in [0.717, 1.165) is 39.7 Å². The van der Waals surface area contributed by atoms with Crippen molar-refractivity contribution in [3.05, 3.63) is 95.4 Å². The number of fused-ring (bicyclic) bond motifs is 5. The van der Waals surface area contributed by atoms with Crippen LogP contribution in [0, 0.1) is 0 Å². The lowest BCUT2D eigenvalue weighted by molar-refractivity contribution is -0.274. The number of carbonyl (C=O) groups is 1. The first kappa shape index (κ1) is 26.3. The van der Waals surface area contributed by atoms with E-state index in [0.29, 0.717) is 19.4 Å². The summed E-state index contributed by atoms with van der Waals surface area (Å²) in [4.78, 5) is 23.2. The number of nitrogens with zero attached hydrogens (tertiary/aromatic N) is 2. The van der Waals surface area contributed by atoms with Gasteiger partial charge in [0.15, 0.2) is 0 Å². The molecule has 1 saturated heterocycles. The number of hydrogen-bond acceptors (Lipinski definition) is 6. The van der Waals surface area contributed by atoms with E-state index in [-0.39, 0.29) is 29.8 Å². The van der Waals surface area contributed by atoms with E-state index in [2.05, 4.69) is 31.0 Å². The minimum Gasteiger partial charge on any atom is -0.468 e. The maximum atomic E-state index is 13.2. The smallest absolute Gasteiger partial charge is 0.468 e. The zero-order valence-electron chi connectivity index (χ0n) is 21.8. The minimum atomic E-state index is -4.77. The highest BCUT2D eigenvalue weighted by Gasteiger charge is 2.48. The van der Waals surface area contributed by atoms with E-state index in [1.165, 1.54) is 19.2 Å². The van der Waals surface area contributed by atoms with Gasteiger partial charge in [-0.3, -0.25) is 14.7 Å². The van der Waals surface area contributed by atoms with Crippen molar-refractivity contribution in [3.8, 4) is 5.75 Å². The monoisotopic (exact) mass is 550 g/mol. The average molecular weight is 551 g/mol. The second-order valence-electron chi connectivity index (χ2n) is 10.3. The van der Waals surface area contributed by atoms with Crippen molar-refractivity contribution < 1.29 is 27.4 Å². The molecule has 10 heteroatoms. The van der Waals surface area contributed by atoms with Crippen LogP contribution < -0.4 is 10.1 Å². The number of benzene rings is 2. The number of para-hydroxylation sites is 1. The molecule has 2 aliphatic rings. The lowest BCUT2D eigenvalue weighted by Crippen LogP contribution is -2.55. The van der Waals surface area contributed by atoms with Crippen molar-refractivity contribution in [3.63, 3.8) is 0 Å². The fraction of sp³-hybridized carbons (Fsp3) is 0.333. The number of hydrogen-bond donors (Lipinski definition) is 2. The summed E-state index contributed by atoms with van der Waals surface area (Å²) in [6.45, 7) is 0.621. The zero-order chi connectivity index (χ0) is 27.9. The van der Waals surface area contributed by atoms with Crippen molar-refractivity contribution in [2.45, 2.75) is 56.3 Å². The minimum absolute atomic E-state index is 0.0632. The predicted molar refractivity (Wildman–Crippen MR) is 142 cm³/mol. The van der Waals surface area contributed by atoms with Gasteiger partial charge in [0, 0.05) is 54.0 Å². The quantitative estimate of drug-likeness (QED) is 0.305. The van der Waals surface area contributed by atoms with Gasteiger partial charge in [-0.2, -0.15) is 0 Å². The Hall–Kier alpha value is -3.89. The SMILES string of the molecule is COC(=O)[C@@H]1Cc2c([nH]c3ccccc23)[C@H]2C[C@@H](NCc3cccnc3)C[C@@H](c3ccc(OC(F)(F)F)cc3)N21. The van der Waals surface area contributed by atoms with E-state index < -0.39 is 12.4 Å². The molecular formula is C30H29F3N4O3. The predicted octanol–water partition coefficient (Wildman–Crippen LogP) is 5.60. The summed E-state index contributed by atoms with van der Waals surface area (Å²) >= 11 is 0. The Morgan fingerprint density at radius 1 is 1.07 bits per heavy atom. The summed E-state index contributed by atoms with van der Waals surface area (Å²) in [5.74, 6) is -0.611. The number of ether oxygens (including phenoxy) is 2. The summed E-state index contributed by atoms with van der Waals surface area (Å²) in [5.41, 5.74) is 5.04. The number of methoxy groups -OCH3 is 1. The number of aromatic nitrogens is 2. The van der Waals surface area contributed by atoms with Gasteiger partial charge < -0.3 is 19.8 Å². The van der Waals surface area contributed by atoms with Gasteiger partial charge in [-0.15, -0.1) is 13.2 Å². The molecule has 2 aromatic carbocycles. The molecule has 0 aliphatic carbocycles. The highest BCUT2D eigenvalue weighted by atomic mass is 19.4. The molecule has 4 aromatic rings. The number of piperidine rings is 1. The highest BCUT2D eigenvalue weighted by Crippen LogP contribution is 2.49. The standard InChI is InChI=1S/C30H29F3N4O3/c1-39-29(38)27-15-23-22-6-2-3-7-24(22)36-28(23)26-14-20(35-17-18-5-4-12-34-16-18)13-25(37(26)27)19-8-10-21(11-9-19)40-30(31,32)33/h2-12,16,20,25-27,35-36H,13-15,17H2,1H3/t20-,25-,26+,27-/m0/s1. The Labute approximate surface area is 229 Å². The van der Waals surface area contributed by atoms with Gasteiger partial charge in [-0.1, -0.05) is 36.4 Å². The van der Waals surface area contributed by atoms with Crippen LogP contribution in [0.1, 0.15) is 47.3 Å². The molecule has 1 fully saturated rings. The summed E-state index contributed by atoms with van der Waals surface area (Å²) in [6.07, 6.45) is 0.646. The molecule has 0 unspecified atom stereocenters. The molecule has 208 valence electrons. The van der Waals surface area contributed by atoms with Crippen molar-refractivity contribution in [1.29, 1.82) is 0 Å². The van der Waals surface area contributed by atoms with Crippen molar-refractivity contribution in [1.82, 2.24) is 20.2 Å². The largest absolute Gasteiger partial charge is 0.573 e. The van der Waals surface area contributed by atoms with Gasteiger partial charge in [0.25, 0.3) is 0 Å². The number of aromatic amines is 1. The third-order valence-corrected chi connectivity index (χ3v) is 7.96. The third kappa shape index (κ3) is 5.16. The Bertz CT molecular complexity index is 1490. The number of esters is 1. The molecule has 6 rings (SSSR count). The molecule has 0 radical (unpaired) electrons.